The molecule has 0 saturated carbocycles. The van der Waals surface area contributed by atoms with Crippen molar-refractivity contribution in [3.05, 3.63) is 182 Å². The van der Waals surface area contributed by atoms with Gasteiger partial charge in [-0.2, -0.15) is 0 Å². The van der Waals surface area contributed by atoms with Gasteiger partial charge in [0.15, 0.2) is 0 Å². The van der Waals surface area contributed by atoms with Crippen LogP contribution in [-0.2, 0) is 0 Å². The number of hydrogen-bond acceptors (Lipinski definition) is 2. The maximum Gasteiger partial charge on any atom is 0.235 e. The molecule has 3 aromatic heterocycles. The number of fused-ring (bicyclic) bond motifs is 9. The molecule has 0 atom stereocenters. The monoisotopic (exact) mass is 662 g/mol. The average Bonchev–Trinajstić information content (AvgIpc) is 3.74. The molecule has 3 heterocycles. The topological polar surface area (TPSA) is 35.6 Å². The fourth-order valence-corrected chi connectivity index (χ4v) is 8.19. The Kier molecular flexibility index (Phi) is 6.22. The molecule has 0 unspecified atom stereocenters. The molecule has 0 fully saturated rings. The van der Waals surface area contributed by atoms with Crippen molar-refractivity contribution in [1.82, 2.24) is 19.1 Å². The van der Waals surface area contributed by atoms with E-state index in [1.54, 1.807) is 0 Å². The van der Waals surface area contributed by atoms with Crippen molar-refractivity contribution in [3.8, 4) is 34.0 Å². The lowest BCUT2D eigenvalue weighted by atomic mass is 9.98. The van der Waals surface area contributed by atoms with Gasteiger partial charge in [-0.15, -0.1) is 0 Å². The van der Waals surface area contributed by atoms with Crippen molar-refractivity contribution in [2.24, 2.45) is 0 Å². The van der Waals surface area contributed by atoms with E-state index in [1.807, 2.05) is 0 Å². The molecule has 0 aliphatic rings. The number of hydrogen-bond donors (Lipinski definition) is 0. The summed E-state index contributed by atoms with van der Waals surface area (Å²) in [5, 5.41) is 8.36. The Labute approximate surface area is 299 Å². The lowest BCUT2D eigenvalue weighted by Gasteiger charge is -2.13. The van der Waals surface area contributed by atoms with Gasteiger partial charge in [-0.1, -0.05) is 127 Å². The van der Waals surface area contributed by atoms with Crippen LogP contribution >= 0.6 is 0 Å². The van der Waals surface area contributed by atoms with Crippen molar-refractivity contribution in [2.75, 3.05) is 0 Å². The summed E-state index contributed by atoms with van der Waals surface area (Å²) in [4.78, 5) is 10.6. The van der Waals surface area contributed by atoms with Crippen molar-refractivity contribution < 1.29 is 0 Å². The maximum atomic E-state index is 5.41. The van der Waals surface area contributed by atoms with E-state index >= 15 is 0 Å². The molecule has 0 spiro atoms. The highest BCUT2D eigenvalue weighted by molar-refractivity contribution is 6.21. The van der Waals surface area contributed by atoms with Crippen LogP contribution in [0.3, 0.4) is 0 Å². The normalized spacial score (nSPS) is 11.8. The van der Waals surface area contributed by atoms with E-state index in [1.165, 1.54) is 43.4 Å². The Morgan fingerprint density at radius 3 is 1.85 bits per heavy atom. The zero-order chi connectivity index (χ0) is 34.2. The smallest absolute Gasteiger partial charge is 0.235 e. The van der Waals surface area contributed by atoms with E-state index in [2.05, 4.69) is 191 Å². The van der Waals surface area contributed by atoms with Crippen LogP contribution in [0.15, 0.2) is 182 Å². The second-order valence-electron chi connectivity index (χ2n) is 13.4. The van der Waals surface area contributed by atoms with E-state index < -0.39 is 0 Å². The number of benzene rings is 8. The second-order valence-corrected chi connectivity index (χ2v) is 13.4. The predicted molar refractivity (Wildman–Crippen MR) is 217 cm³/mol. The Balaban J connectivity index is 1.11. The highest BCUT2D eigenvalue weighted by atomic mass is 15.2. The fraction of sp³-hybridized carbons (Fsp3) is 0. The second kappa shape index (κ2) is 11.2. The molecule has 0 aliphatic heterocycles. The minimum atomic E-state index is 0.663. The molecule has 8 aromatic carbocycles. The van der Waals surface area contributed by atoms with Gasteiger partial charge < -0.3 is 4.57 Å². The quantitative estimate of drug-likeness (QED) is 0.188. The van der Waals surface area contributed by atoms with Crippen LogP contribution in [0.25, 0.3) is 99.3 Å². The number of rotatable bonds is 4. The number of aromatic nitrogens is 4. The zero-order valence-electron chi connectivity index (χ0n) is 28.1. The molecule has 242 valence electrons. The summed E-state index contributed by atoms with van der Waals surface area (Å²) in [6.07, 6.45) is 0. The molecule has 11 rings (SSSR count). The SMILES string of the molecule is c1ccc(-n2c3ccccc3c3cc(-c4cccc(-c5nc(-n6c7ccccc7c7c8ccccc8ccc76)nc6ccccc56)c4)ccc32)cc1. The standard InChI is InChI=1S/C48H30N4/c1-2-16-35(17-3-1)51-42-23-10-7-19-37(42)40-30-33(26-27-44(40)51)32-14-12-15-34(29-32)47-38-20-6-9-22-41(38)49-48(50-47)52-43-24-11-8-21-39(43)46-36-18-5-4-13-31(36)25-28-45(46)52/h1-30H. The summed E-state index contributed by atoms with van der Waals surface area (Å²) >= 11 is 0. The Morgan fingerprint density at radius 2 is 0.981 bits per heavy atom. The predicted octanol–water partition coefficient (Wildman–Crippen LogP) is 12.3. The van der Waals surface area contributed by atoms with Gasteiger partial charge in [0.2, 0.25) is 5.95 Å². The molecule has 0 N–H and O–H groups in total. The molecule has 4 heteroatoms. The van der Waals surface area contributed by atoms with Crippen LogP contribution in [0.2, 0.25) is 0 Å². The summed E-state index contributed by atoms with van der Waals surface area (Å²) in [6, 6.07) is 64.9. The molecule has 11 aromatic rings. The first-order valence-corrected chi connectivity index (χ1v) is 17.7. The van der Waals surface area contributed by atoms with Crippen molar-refractivity contribution in [3.63, 3.8) is 0 Å². The summed E-state index contributed by atoms with van der Waals surface area (Å²) in [5.74, 6) is 0.663. The van der Waals surface area contributed by atoms with Crippen LogP contribution in [-0.4, -0.2) is 19.1 Å². The van der Waals surface area contributed by atoms with Gasteiger partial charge >= 0.3 is 0 Å². The molecule has 52 heavy (non-hydrogen) atoms. The van der Waals surface area contributed by atoms with Crippen molar-refractivity contribution in [2.45, 2.75) is 0 Å². The van der Waals surface area contributed by atoms with E-state index in [0.29, 0.717) is 5.95 Å². The van der Waals surface area contributed by atoms with E-state index in [-0.39, 0.29) is 0 Å². The van der Waals surface area contributed by atoms with Crippen LogP contribution in [0.1, 0.15) is 0 Å². The van der Waals surface area contributed by atoms with E-state index in [4.69, 9.17) is 9.97 Å². The Hall–Kier alpha value is -7.04. The molecule has 0 bridgehead atoms. The average molecular weight is 663 g/mol. The van der Waals surface area contributed by atoms with Gasteiger partial charge in [-0.05, 0) is 76.5 Å². The highest BCUT2D eigenvalue weighted by Crippen LogP contribution is 2.39. The minimum Gasteiger partial charge on any atom is -0.309 e. The third-order valence-electron chi connectivity index (χ3n) is 10.5. The summed E-state index contributed by atoms with van der Waals surface area (Å²) < 4.78 is 4.59. The maximum absolute atomic E-state index is 5.41. The van der Waals surface area contributed by atoms with E-state index in [9.17, 15) is 0 Å². The van der Waals surface area contributed by atoms with Crippen LogP contribution in [0, 0.1) is 0 Å². The van der Waals surface area contributed by atoms with Crippen LogP contribution in [0.4, 0.5) is 0 Å². The zero-order valence-corrected chi connectivity index (χ0v) is 28.1. The van der Waals surface area contributed by atoms with Crippen molar-refractivity contribution in [1.29, 1.82) is 0 Å². The van der Waals surface area contributed by atoms with Crippen LogP contribution in [0.5, 0.6) is 0 Å². The third kappa shape index (κ3) is 4.28. The summed E-state index contributed by atoms with van der Waals surface area (Å²) in [5.41, 5.74) is 10.9. The molecule has 0 amide bonds. The minimum absolute atomic E-state index is 0.663. The lowest BCUT2D eigenvalue weighted by molar-refractivity contribution is 1.01. The molecule has 0 saturated heterocycles. The molecule has 4 nitrogen and oxygen atoms in total. The van der Waals surface area contributed by atoms with Gasteiger partial charge in [0, 0.05) is 38.2 Å². The first-order valence-electron chi connectivity index (χ1n) is 17.7. The van der Waals surface area contributed by atoms with E-state index in [0.717, 1.165) is 50.0 Å². The van der Waals surface area contributed by atoms with Crippen LogP contribution < -0.4 is 0 Å². The molecule has 0 aliphatic carbocycles. The largest absolute Gasteiger partial charge is 0.309 e. The van der Waals surface area contributed by atoms with Gasteiger partial charge in [0.1, 0.15) is 0 Å². The van der Waals surface area contributed by atoms with Gasteiger partial charge in [-0.3, -0.25) is 4.57 Å². The summed E-state index contributed by atoms with van der Waals surface area (Å²) in [6.45, 7) is 0. The fourth-order valence-electron chi connectivity index (χ4n) is 8.19. The first-order chi connectivity index (χ1) is 25.8. The van der Waals surface area contributed by atoms with Gasteiger partial charge in [0.25, 0.3) is 0 Å². The lowest BCUT2D eigenvalue weighted by Crippen LogP contribution is -2.03. The highest BCUT2D eigenvalue weighted by Gasteiger charge is 2.19. The third-order valence-corrected chi connectivity index (χ3v) is 10.5. The Morgan fingerprint density at radius 1 is 0.346 bits per heavy atom. The first kappa shape index (κ1) is 28.8. The number of para-hydroxylation sites is 4. The molecule has 0 radical (unpaired) electrons. The van der Waals surface area contributed by atoms with Gasteiger partial charge in [-0.25, -0.2) is 9.97 Å². The Bertz CT molecular complexity index is 3190. The molecular weight excluding hydrogens is 633 g/mol. The summed E-state index contributed by atoms with van der Waals surface area (Å²) in [7, 11) is 0. The van der Waals surface area contributed by atoms with Gasteiger partial charge in [0.05, 0.1) is 33.3 Å². The molecular formula is C48H30N4. The number of nitrogens with zero attached hydrogens (tertiary/aromatic N) is 4. The van der Waals surface area contributed by atoms with Crippen molar-refractivity contribution >= 4 is 65.3 Å².